The summed E-state index contributed by atoms with van der Waals surface area (Å²) >= 11 is 6.11. The molecular weight excluding hydrogens is 348 g/mol. The minimum absolute atomic E-state index is 0.0352. The van der Waals surface area contributed by atoms with Gasteiger partial charge in [-0.25, -0.2) is 0 Å². The highest BCUT2D eigenvalue weighted by Crippen LogP contribution is 2.36. The van der Waals surface area contributed by atoms with Crippen molar-refractivity contribution in [2.75, 3.05) is 38.2 Å². The highest BCUT2D eigenvalue weighted by Gasteiger charge is 2.15. The molecule has 0 unspecified atom stereocenters. The molecule has 7 nitrogen and oxygen atoms in total. The molecule has 2 N–H and O–H groups in total. The molecule has 0 aromatic heterocycles. The summed E-state index contributed by atoms with van der Waals surface area (Å²) in [6, 6.07) is 8.51. The van der Waals surface area contributed by atoms with Crippen molar-refractivity contribution in [2.24, 2.45) is 0 Å². The number of ether oxygens (including phenoxy) is 4. The molecule has 1 aliphatic rings. The van der Waals surface area contributed by atoms with E-state index >= 15 is 0 Å². The van der Waals surface area contributed by atoms with E-state index in [2.05, 4.69) is 10.6 Å². The van der Waals surface area contributed by atoms with Crippen LogP contribution in [0.3, 0.4) is 0 Å². The monoisotopic (exact) mass is 364 g/mol. The van der Waals surface area contributed by atoms with Crippen LogP contribution in [0.2, 0.25) is 5.02 Å². The highest BCUT2D eigenvalue weighted by molar-refractivity contribution is 6.32. The molecule has 0 fully saturated rings. The van der Waals surface area contributed by atoms with Gasteiger partial charge in [-0.15, -0.1) is 0 Å². The van der Waals surface area contributed by atoms with Gasteiger partial charge in [0.2, 0.25) is 12.7 Å². The van der Waals surface area contributed by atoms with E-state index in [1.807, 2.05) is 0 Å². The van der Waals surface area contributed by atoms with Crippen LogP contribution in [0, 0.1) is 0 Å². The SMILES string of the molecule is COc1cc(OC)c(NCC(=O)Nc2ccc3c(c2)OCO3)cc1Cl. The largest absolute Gasteiger partial charge is 0.495 e. The van der Waals surface area contributed by atoms with Crippen LogP contribution in [0.15, 0.2) is 30.3 Å². The fraction of sp³-hybridized carbons (Fsp3) is 0.235. The molecule has 0 aliphatic carbocycles. The van der Waals surface area contributed by atoms with Gasteiger partial charge in [0.05, 0.1) is 31.5 Å². The number of hydrogen-bond acceptors (Lipinski definition) is 6. The fourth-order valence-corrected chi connectivity index (χ4v) is 2.59. The Morgan fingerprint density at radius 3 is 2.64 bits per heavy atom. The molecule has 0 spiro atoms. The first-order valence-electron chi connectivity index (χ1n) is 7.45. The van der Waals surface area contributed by atoms with E-state index in [0.717, 1.165) is 0 Å². The lowest BCUT2D eigenvalue weighted by molar-refractivity contribution is -0.114. The quantitative estimate of drug-likeness (QED) is 0.820. The Morgan fingerprint density at radius 1 is 1.12 bits per heavy atom. The zero-order valence-electron chi connectivity index (χ0n) is 13.7. The second kappa shape index (κ2) is 7.40. The van der Waals surface area contributed by atoms with Gasteiger partial charge in [0, 0.05) is 17.8 Å². The molecule has 25 heavy (non-hydrogen) atoms. The van der Waals surface area contributed by atoms with Crippen LogP contribution in [0.5, 0.6) is 23.0 Å². The lowest BCUT2D eigenvalue weighted by atomic mass is 10.2. The third kappa shape index (κ3) is 3.83. The number of rotatable bonds is 6. The van der Waals surface area contributed by atoms with Crippen molar-refractivity contribution in [2.45, 2.75) is 0 Å². The summed E-state index contributed by atoms with van der Waals surface area (Å²) in [5.74, 6) is 2.06. The van der Waals surface area contributed by atoms with Crippen molar-refractivity contribution in [1.29, 1.82) is 0 Å². The van der Waals surface area contributed by atoms with Gasteiger partial charge in [0.1, 0.15) is 11.5 Å². The van der Waals surface area contributed by atoms with E-state index in [1.54, 1.807) is 30.3 Å². The van der Waals surface area contributed by atoms with E-state index < -0.39 is 0 Å². The van der Waals surface area contributed by atoms with Crippen molar-refractivity contribution in [3.63, 3.8) is 0 Å². The van der Waals surface area contributed by atoms with Gasteiger partial charge in [-0.1, -0.05) is 11.6 Å². The molecule has 1 heterocycles. The highest BCUT2D eigenvalue weighted by atomic mass is 35.5. The van der Waals surface area contributed by atoms with Crippen molar-refractivity contribution >= 4 is 28.9 Å². The van der Waals surface area contributed by atoms with Gasteiger partial charge in [0.15, 0.2) is 11.5 Å². The molecule has 0 bridgehead atoms. The molecule has 132 valence electrons. The molecule has 2 aromatic rings. The van der Waals surface area contributed by atoms with Crippen LogP contribution in [0.1, 0.15) is 0 Å². The first kappa shape index (κ1) is 17.0. The maximum absolute atomic E-state index is 12.1. The molecule has 0 saturated carbocycles. The molecule has 0 atom stereocenters. The Balaban J connectivity index is 1.63. The van der Waals surface area contributed by atoms with Crippen molar-refractivity contribution in [3.8, 4) is 23.0 Å². The van der Waals surface area contributed by atoms with Crippen LogP contribution in [-0.2, 0) is 4.79 Å². The number of anilines is 2. The van der Waals surface area contributed by atoms with Crippen molar-refractivity contribution in [1.82, 2.24) is 0 Å². The third-order valence-electron chi connectivity index (χ3n) is 3.57. The summed E-state index contributed by atoms with van der Waals surface area (Å²) in [6.07, 6.45) is 0. The zero-order chi connectivity index (χ0) is 17.8. The van der Waals surface area contributed by atoms with E-state index in [0.29, 0.717) is 39.4 Å². The van der Waals surface area contributed by atoms with Crippen molar-refractivity contribution in [3.05, 3.63) is 35.4 Å². The minimum atomic E-state index is -0.229. The van der Waals surface area contributed by atoms with Gasteiger partial charge in [-0.05, 0) is 18.2 Å². The number of hydrogen-bond donors (Lipinski definition) is 2. The number of halogens is 1. The Morgan fingerprint density at radius 2 is 1.88 bits per heavy atom. The Kier molecular flexibility index (Phi) is 5.04. The van der Waals surface area contributed by atoms with Gasteiger partial charge in [-0.2, -0.15) is 0 Å². The predicted octanol–water partition coefficient (Wildman–Crippen LogP) is 3.14. The standard InChI is InChI=1S/C17H17ClN2O5/c1-22-14-7-15(23-2)12(6-11(14)18)19-8-17(21)20-10-3-4-13-16(5-10)25-9-24-13/h3-7,19H,8-9H2,1-2H3,(H,20,21). The van der Waals surface area contributed by atoms with Crippen LogP contribution >= 0.6 is 11.6 Å². The van der Waals surface area contributed by atoms with E-state index in [1.165, 1.54) is 14.2 Å². The normalized spacial score (nSPS) is 11.8. The maximum Gasteiger partial charge on any atom is 0.243 e. The number of carbonyl (C=O) groups excluding carboxylic acids is 1. The Bertz CT molecular complexity index is 797. The Hall–Kier alpha value is -2.80. The smallest absolute Gasteiger partial charge is 0.243 e. The summed E-state index contributed by atoms with van der Waals surface area (Å²) in [5.41, 5.74) is 1.21. The van der Waals surface area contributed by atoms with Gasteiger partial charge < -0.3 is 29.6 Å². The molecule has 1 aliphatic heterocycles. The van der Waals surface area contributed by atoms with Gasteiger partial charge in [0.25, 0.3) is 0 Å². The summed E-state index contributed by atoms with van der Waals surface area (Å²) < 4.78 is 20.9. The van der Waals surface area contributed by atoms with Crippen LogP contribution in [0.4, 0.5) is 11.4 Å². The molecule has 3 rings (SSSR count). The number of carbonyl (C=O) groups is 1. The lowest BCUT2D eigenvalue weighted by Crippen LogP contribution is -2.22. The summed E-state index contributed by atoms with van der Waals surface area (Å²) in [6.45, 7) is 0.222. The fourth-order valence-electron chi connectivity index (χ4n) is 2.35. The van der Waals surface area contributed by atoms with Crippen LogP contribution in [-0.4, -0.2) is 33.5 Å². The lowest BCUT2D eigenvalue weighted by Gasteiger charge is -2.14. The third-order valence-corrected chi connectivity index (χ3v) is 3.87. The Labute approximate surface area is 149 Å². The number of fused-ring (bicyclic) bond motifs is 1. The molecular formula is C17H17ClN2O5. The molecule has 0 radical (unpaired) electrons. The summed E-state index contributed by atoms with van der Waals surface area (Å²) in [4.78, 5) is 12.1. The molecule has 8 heteroatoms. The van der Waals surface area contributed by atoms with Gasteiger partial charge >= 0.3 is 0 Å². The average molecular weight is 365 g/mol. The maximum atomic E-state index is 12.1. The average Bonchev–Trinajstić information content (AvgIpc) is 3.07. The van der Waals surface area contributed by atoms with E-state index in [-0.39, 0.29) is 19.2 Å². The topological polar surface area (TPSA) is 78.1 Å². The molecule has 1 amide bonds. The van der Waals surface area contributed by atoms with E-state index in [4.69, 9.17) is 30.5 Å². The minimum Gasteiger partial charge on any atom is -0.495 e. The number of nitrogens with one attached hydrogen (secondary N) is 2. The van der Waals surface area contributed by atoms with E-state index in [9.17, 15) is 4.79 Å². The predicted molar refractivity (Wildman–Crippen MR) is 94.2 cm³/mol. The molecule has 0 saturated heterocycles. The molecule has 2 aromatic carbocycles. The first-order valence-corrected chi connectivity index (χ1v) is 7.83. The number of benzene rings is 2. The summed E-state index contributed by atoms with van der Waals surface area (Å²) in [7, 11) is 3.05. The number of amides is 1. The van der Waals surface area contributed by atoms with Crippen LogP contribution < -0.4 is 29.6 Å². The van der Waals surface area contributed by atoms with Crippen LogP contribution in [0.25, 0.3) is 0 Å². The second-order valence-electron chi connectivity index (χ2n) is 5.16. The van der Waals surface area contributed by atoms with Gasteiger partial charge in [-0.3, -0.25) is 4.79 Å². The van der Waals surface area contributed by atoms with Crippen molar-refractivity contribution < 1.29 is 23.7 Å². The second-order valence-corrected chi connectivity index (χ2v) is 5.56. The first-order chi connectivity index (χ1) is 12.1. The number of methoxy groups -OCH3 is 2. The zero-order valence-corrected chi connectivity index (χ0v) is 14.5. The summed E-state index contributed by atoms with van der Waals surface area (Å²) in [5, 5.41) is 6.20.